The monoisotopic (exact) mass is 298 g/mol. The second kappa shape index (κ2) is 7.96. The topological polar surface area (TPSA) is 69.6 Å². The molecule has 0 aromatic heterocycles. The average Bonchev–Trinajstić information content (AvgIpc) is 2.21. The SMILES string of the molecule is CC(C)CC(CNC(=O)N(C)CC(F)(F)F)CC(=O)O. The fourth-order valence-electron chi connectivity index (χ4n) is 1.86. The maximum atomic E-state index is 12.1. The summed E-state index contributed by atoms with van der Waals surface area (Å²) in [4.78, 5) is 22.7. The third-order valence-corrected chi connectivity index (χ3v) is 2.57. The summed E-state index contributed by atoms with van der Waals surface area (Å²) >= 11 is 0. The van der Waals surface area contributed by atoms with Gasteiger partial charge in [0.15, 0.2) is 0 Å². The molecular weight excluding hydrogens is 277 g/mol. The summed E-state index contributed by atoms with van der Waals surface area (Å²) in [5.74, 6) is -1.05. The Morgan fingerprint density at radius 3 is 2.25 bits per heavy atom. The molecule has 0 aromatic rings. The first kappa shape index (κ1) is 18.5. The highest BCUT2D eigenvalue weighted by Gasteiger charge is 2.31. The van der Waals surface area contributed by atoms with Gasteiger partial charge in [-0.25, -0.2) is 4.79 Å². The maximum Gasteiger partial charge on any atom is 0.406 e. The van der Waals surface area contributed by atoms with Crippen LogP contribution < -0.4 is 5.32 Å². The van der Waals surface area contributed by atoms with E-state index in [1.54, 1.807) is 0 Å². The van der Waals surface area contributed by atoms with Crippen LogP contribution >= 0.6 is 0 Å². The van der Waals surface area contributed by atoms with Gasteiger partial charge in [-0.15, -0.1) is 0 Å². The first-order valence-electron chi connectivity index (χ1n) is 6.28. The lowest BCUT2D eigenvalue weighted by Crippen LogP contribution is -2.44. The van der Waals surface area contributed by atoms with Crippen LogP contribution in [0.2, 0.25) is 0 Å². The van der Waals surface area contributed by atoms with E-state index < -0.39 is 24.7 Å². The van der Waals surface area contributed by atoms with Gasteiger partial charge in [-0.1, -0.05) is 13.8 Å². The second-order valence-corrected chi connectivity index (χ2v) is 5.25. The molecule has 0 bridgehead atoms. The van der Waals surface area contributed by atoms with Gasteiger partial charge in [0.05, 0.1) is 0 Å². The van der Waals surface area contributed by atoms with Crippen molar-refractivity contribution in [1.29, 1.82) is 0 Å². The Labute approximate surface area is 116 Å². The van der Waals surface area contributed by atoms with Gasteiger partial charge in [-0.3, -0.25) is 4.79 Å². The van der Waals surface area contributed by atoms with Gasteiger partial charge >= 0.3 is 18.2 Å². The van der Waals surface area contributed by atoms with Crippen LogP contribution in [0.3, 0.4) is 0 Å². The first-order chi connectivity index (χ1) is 9.01. The van der Waals surface area contributed by atoms with Gasteiger partial charge in [-0.2, -0.15) is 13.2 Å². The summed E-state index contributed by atoms with van der Waals surface area (Å²) in [7, 11) is 1.04. The molecule has 0 saturated carbocycles. The summed E-state index contributed by atoms with van der Waals surface area (Å²) in [6, 6.07) is -0.860. The van der Waals surface area contributed by atoms with E-state index in [1.807, 2.05) is 13.8 Å². The zero-order valence-corrected chi connectivity index (χ0v) is 11.8. The van der Waals surface area contributed by atoms with Crippen LogP contribution in [0, 0.1) is 11.8 Å². The van der Waals surface area contributed by atoms with Crippen LogP contribution in [0.1, 0.15) is 26.7 Å². The number of hydrogen-bond acceptors (Lipinski definition) is 2. The number of rotatable bonds is 7. The van der Waals surface area contributed by atoms with Crippen molar-refractivity contribution >= 4 is 12.0 Å². The van der Waals surface area contributed by atoms with Crippen molar-refractivity contribution < 1.29 is 27.9 Å². The van der Waals surface area contributed by atoms with E-state index in [-0.39, 0.29) is 24.8 Å². The number of amides is 2. The standard InChI is InChI=1S/C12H21F3N2O3/c1-8(2)4-9(5-10(18)19)6-16-11(20)17(3)7-12(13,14)15/h8-9H,4-7H2,1-3H3,(H,16,20)(H,18,19). The molecule has 0 radical (unpaired) electrons. The predicted molar refractivity (Wildman–Crippen MR) is 67.3 cm³/mol. The molecule has 0 aromatic carbocycles. The van der Waals surface area contributed by atoms with Crippen molar-refractivity contribution in [2.24, 2.45) is 11.8 Å². The quantitative estimate of drug-likeness (QED) is 0.758. The van der Waals surface area contributed by atoms with Crippen LogP contribution in [-0.2, 0) is 4.79 Å². The van der Waals surface area contributed by atoms with Crippen molar-refractivity contribution in [1.82, 2.24) is 10.2 Å². The molecule has 20 heavy (non-hydrogen) atoms. The van der Waals surface area contributed by atoms with Gasteiger partial charge in [0, 0.05) is 20.0 Å². The van der Waals surface area contributed by atoms with Crippen LogP contribution in [0.15, 0.2) is 0 Å². The van der Waals surface area contributed by atoms with Crippen molar-refractivity contribution in [3.63, 3.8) is 0 Å². The zero-order valence-electron chi connectivity index (χ0n) is 11.8. The highest BCUT2D eigenvalue weighted by Crippen LogP contribution is 2.16. The Kier molecular flexibility index (Phi) is 7.38. The van der Waals surface area contributed by atoms with Gasteiger partial charge < -0.3 is 15.3 Å². The number of halogens is 3. The van der Waals surface area contributed by atoms with E-state index in [4.69, 9.17) is 5.11 Å². The smallest absolute Gasteiger partial charge is 0.406 e. The molecule has 2 N–H and O–H groups in total. The number of carboxylic acid groups (broad SMARTS) is 1. The minimum Gasteiger partial charge on any atom is -0.481 e. The van der Waals surface area contributed by atoms with E-state index in [1.165, 1.54) is 0 Å². The molecule has 5 nitrogen and oxygen atoms in total. The molecule has 0 rings (SSSR count). The van der Waals surface area contributed by atoms with E-state index in [0.29, 0.717) is 11.3 Å². The van der Waals surface area contributed by atoms with Crippen molar-refractivity contribution in [2.75, 3.05) is 20.1 Å². The number of carbonyl (C=O) groups excluding carboxylic acids is 1. The molecule has 118 valence electrons. The Hall–Kier alpha value is -1.47. The fourth-order valence-corrected chi connectivity index (χ4v) is 1.86. The minimum atomic E-state index is -4.45. The Morgan fingerprint density at radius 2 is 1.85 bits per heavy atom. The highest BCUT2D eigenvalue weighted by molar-refractivity contribution is 5.74. The number of alkyl halides is 3. The Balaban J connectivity index is 4.32. The summed E-state index contributed by atoms with van der Waals surface area (Å²) in [6.07, 6.45) is -4.00. The van der Waals surface area contributed by atoms with Gasteiger partial charge in [0.25, 0.3) is 0 Å². The average molecular weight is 298 g/mol. The molecule has 0 aliphatic rings. The fraction of sp³-hybridized carbons (Fsp3) is 0.833. The number of aliphatic carboxylic acids is 1. The van der Waals surface area contributed by atoms with E-state index in [0.717, 1.165) is 7.05 Å². The lowest BCUT2D eigenvalue weighted by Gasteiger charge is -2.22. The molecule has 0 heterocycles. The zero-order chi connectivity index (χ0) is 15.9. The number of nitrogens with one attached hydrogen (secondary N) is 1. The van der Waals surface area contributed by atoms with Crippen LogP contribution in [0.4, 0.5) is 18.0 Å². The van der Waals surface area contributed by atoms with Gasteiger partial charge in [0.2, 0.25) is 0 Å². The largest absolute Gasteiger partial charge is 0.481 e. The van der Waals surface area contributed by atoms with Crippen molar-refractivity contribution in [2.45, 2.75) is 32.9 Å². The lowest BCUT2D eigenvalue weighted by atomic mass is 9.94. The van der Waals surface area contributed by atoms with Crippen LogP contribution in [0.5, 0.6) is 0 Å². The molecule has 0 fully saturated rings. The van der Waals surface area contributed by atoms with Crippen LogP contribution in [-0.4, -0.2) is 48.3 Å². The Bertz CT molecular complexity index is 332. The molecule has 0 aliphatic heterocycles. The molecule has 0 saturated heterocycles. The number of carboxylic acids is 1. The highest BCUT2D eigenvalue weighted by atomic mass is 19.4. The third-order valence-electron chi connectivity index (χ3n) is 2.57. The van der Waals surface area contributed by atoms with E-state index >= 15 is 0 Å². The van der Waals surface area contributed by atoms with Gasteiger partial charge in [-0.05, 0) is 18.3 Å². The van der Waals surface area contributed by atoms with Crippen molar-refractivity contribution in [3.05, 3.63) is 0 Å². The molecule has 0 aliphatic carbocycles. The van der Waals surface area contributed by atoms with Crippen molar-refractivity contribution in [3.8, 4) is 0 Å². The molecule has 8 heteroatoms. The second-order valence-electron chi connectivity index (χ2n) is 5.25. The predicted octanol–water partition coefficient (Wildman–Crippen LogP) is 2.33. The van der Waals surface area contributed by atoms with E-state index in [2.05, 4.69) is 5.32 Å². The third kappa shape index (κ3) is 9.46. The maximum absolute atomic E-state index is 12.1. The summed E-state index contributed by atoms with van der Waals surface area (Å²) < 4.78 is 36.3. The normalized spacial score (nSPS) is 13.2. The molecule has 2 amide bonds. The molecule has 1 atom stereocenters. The lowest BCUT2D eigenvalue weighted by molar-refractivity contribution is -0.138. The first-order valence-corrected chi connectivity index (χ1v) is 6.28. The summed E-state index contributed by atoms with van der Waals surface area (Å²) in [6.45, 7) is 2.52. The van der Waals surface area contributed by atoms with Gasteiger partial charge in [0.1, 0.15) is 6.54 Å². The number of hydrogen-bond donors (Lipinski definition) is 2. The number of nitrogens with zero attached hydrogens (tertiary/aromatic N) is 1. The van der Waals surface area contributed by atoms with Crippen LogP contribution in [0.25, 0.3) is 0 Å². The molecule has 1 unspecified atom stereocenters. The Morgan fingerprint density at radius 1 is 1.30 bits per heavy atom. The van der Waals surface area contributed by atoms with E-state index in [9.17, 15) is 22.8 Å². The molecular formula is C12H21F3N2O3. The number of carbonyl (C=O) groups is 2. The summed E-state index contributed by atoms with van der Waals surface area (Å²) in [5, 5.41) is 11.1. The minimum absolute atomic E-state index is 0.0471. The number of urea groups is 1. The summed E-state index contributed by atoms with van der Waals surface area (Å²) in [5.41, 5.74) is 0. The molecule has 0 spiro atoms.